The summed E-state index contributed by atoms with van der Waals surface area (Å²) in [4.78, 5) is 15.1. The van der Waals surface area contributed by atoms with Crippen molar-refractivity contribution in [2.75, 3.05) is 19.6 Å². The zero-order valence-corrected chi connectivity index (χ0v) is 12.3. The fourth-order valence-corrected chi connectivity index (χ4v) is 3.68. The third-order valence-corrected chi connectivity index (χ3v) is 4.89. The van der Waals surface area contributed by atoms with Crippen LogP contribution in [0.15, 0.2) is 24.3 Å². The first kappa shape index (κ1) is 13.8. The molecule has 2 heteroatoms. The third-order valence-electron chi connectivity index (χ3n) is 4.89. The van der Waals surface area contributed by atoms with Crippen molar-refractivity contribution in [1.82, 2.24) is 4.90 Å². The molecule has 0 bridgehead atoms. The highest BCUT2D eigenvalue weighted by molar-refractivity contribution is 6.00. The Morgan fingerprint density at radius 3 is 2.75 bits per heavy atom. The molecule has 1 aliphatic heterocycles. The van der Waals surface area contributed by atoms with Gasteiger partial charge in [-0.15, -0.1) is 0 Å². The van der Waals surface area contributed by atoms with E-state index in [0.29, 0.717) is 5.78 Å². The number of Topliss-reactive ketones (excluding diaryl/α,β-unsaturated/α-hetero) is 1. The lowest BCUT2D eigenvalue weighted by Crippen LogP contribution is -2.31. The molecule has 3 rings (SSSR count). The minimum Gasteiger partial charge on any atom is -0.303 e. The average Bonchev–Trinajstić information content (AvgIpc) is 2.51. The number of fused-ring (bicyclic) bond motifs is 1. The van der Waals surface area contributed by atoms with Crippen LogP contribution < -0.4 is 0 Å². The molecule has 0 amide bonds. The second kappa shape index (κ2) is 6.53. The Labute approximate surface area is 122 Å². The van der Waals surface area contributed by atoms with Crippen LogP contribution in [0.25, 0.3) is 0 Å². The van der Waals surface area contributed by atoms with Gasteiger partial charge < -0.3 is 4.90 Å². The maximum absolute atomic E-state index is 12.5. The number of benzene rings is 1. The highest BCUT2D eigenvalue weighted by Crippen LogP contribution is 2.28. The monoisotopic (exact) mass is 271 g/mol. The predicted molar refractivity (Wildman–Crippen MR) is 82.1 cm³/mol. The number of likely N-dealkylation sites (tertiary alicyclic amines) is 1. The van der Waals surface area contributed by atoms with Crippen molar-refractivity contribution in [3.8, 4) is 0 Å². The summed E-state index contributed by atoms with van der Waals surface area (Å²) < 4.78 is 0. The van der Waals surface area contributed by atoms with Crippen LogP contribution in [0.5, 0.6) is 0 Å². The zero-order valence-electron chi connectivity index (χ0n) is 12.3. The van der Waals surface area contributed by atoms with Crippen molar-refractivity contribution in [3.63, 3.8) is 0 Å². The summed E-state index contributed by atoms with van der Waals surface area (Å²) in [5, 5.41) is 0. The SMILES string of the molecule is O=C1c2ccccc2CCC1CCCN1CCCCC1. The van der Waals surface area contributed by atoms with Crippen molar-refractivity contribution in [2.24, 2.45) is 5.92 Å². The lowest BCUT2D eigenvalue weighted by Gasteiger charge is -2.28. The molecule has 0 aromatic heterocycles. The van der Waals surface area contributed by atoms with Crippen LogP contribution in [0.4, 0.5) is 0 Å². The lowest BCUT2D eigenvalue weighted by atomic mass is 9.80. The molecule has 2 nitrogen and oxygen atoms in total. The molecule has 0 saturated carbocycles. The summed E-state index contributed by atoms with van der Waals surface area (Å²) >= 11 is 0. The van der Waals surface area contributed by atoms with Crippen LogP contribution in [-0.4, -0.2) is 30.3 Å². The van der Waals surface area contributed by atoms with E-state index in [9.17, 15) is 4.79 Å². The molecule has 1 aliphatic carbocycles. The largest absolute Gasteiger partial charge is 0.303 e. The molecule has 1 atom stereocenters. The van der Waals surface area contributed by atoms with Gasteiger partial charge in [-0.3, -0.25) is 4.79 Å². The predicted octanol–water partition coefficient (Wildman–Crippen LogP) is 3.70. The van der Waals surface area contributed by atoms with E-state index in [1.807, 2.05) is 18.2 Å². The summed E-state index contributed by atoms with van der Waals surface area (Å²) in [7, 11) is 0. The Morgan fingerprint density at radius 1 is 1.10 bits per heavy atom. The first-order chi connectivity index (χ1) is 9.84. The number of carbonyl (C=O) groups is 1. The average molecular weight is 271 g/mol. The van der Waals surface area contributed by atoms with Crippen molar-refractivity contribution in [2.45, 2.75) is 44.9 Å². The van der Waals surface area contributed by atoms with E-state index < -0.39 is 0 Å². The van der Waals surface area contributed by atoms with Gasteiger partial charge in [-0.05, 0) is 63.7 Å². The second-order valence-electron chi connectivity index (χ2n) is 6.30. The number of aryl methyl sites for hydroxylation is 1. The molecular formula is C18H25NO. The summed E-state index contributed by atoms with van der Waals surface area (Å²) in [5.41, 5.74) is 2.24. The Hall–Kier alpha value is -1.15. The minimum absolute atomic E-state index is 0.273. The van der Waals surface area contributed by atoms with Gasteiger partial charge in [0, 0.05) is 11.5 Å². The van der Waals surface area contributed by atoms with Gasteiger partial charge >= 0.3 is 0 Å². The van der Waals surface area contributed by atoms with Crippen LogP contribution in [0.3, 0.4) is 0 Å². The molecule has 108 valence electrons. The lowest BCUT2D eigenvalue weighted by molar-refractivity contribution is 0.0889. The van der Waals surface area contributed by atoms with Crippen molar-refractivity contribution < 1.29 is 4.79 Å². The second-order valence-corrected chi connectivity index (χ2v) is 6.30. The van der Waals surface area contributed by atoms with Crippen LogP contribution in [0.2, 0.25) is 0 Å². The van der Waals surface area contributed by atoms with E-state index in [0.717, 1.165) is 24.8 Å². The van der Waals surface area contributed by atoms with Gasteiger partial charge in [0.15, 0.2) is 5.78 Å². The van der Waals surface area contributed by atoms with E-state index in [1.54, 1.807) is 0 Å². The van der Waals surface area contributed by atoms with Gasteiger partial charge in [0.05, 0.1) is 0 Å². The number of hydrogen-bond acceptors (Lipinski definition) is 2. The number of ketones is 1. The number of hydrogen-bond donors (Lipinski definition) is 0. The fourth-order valence-electron chi connectivity index (χ4n) is 3.68. The molecule has 1 aromatic rings. The van der Waals surface area contributed by atoms with Crippen LogP contribution in [0, 0.1) is 5.92 Å². The standard InChI is InChI=1S/C18H25NO/c20-18-16(8-6-14-19-12-4-1-5-13-19)11-10-15-7-2-3-9-17(15)18/h2-3,7,9,16H,1,4-6,8,10-14H2. The van der Waals surface area contributed by atoms with Crippen molar-refractivity contribution in [3.05, 3.63) is 35.4 Å². The molecule has 1 fully saturated rings. The molecule has 1 unspecified atom stereocenters. The Kier molecular flexibility index (Phi) is 4.51. The highest BCUT2D eigenvalue weighted by Gasteiger charge is 2.26. The first-order valence-electron chi connectivity index (χ1n) is 8.19. The summed E-state index contributed by atoms with van der Waals surface area (Å²) in [6.07, 6.45) is 8.49. The molecule has 0 radical (unpaired) electrons. The topological polar surface area (TPSA) is 20.3 Å². The molecular weight excluding hydrogens is 246 g/mol. The molecule has 20 heavy (non-hydrogen) atoms. The van der Waals surface area contributed by atoms with Gasteiger partial charge in [-0.25, -0.2) is 0 Å². The summed E-state index contributed by atoms with van der Waals surface area (Å²) in [5.74, 6) is 0.667. The van der Waals surface area contributed by atoms with Gasteiger partial charge in [-0.1, -0.05) is 30.7 Å². The number of piperidine rings is 1. The maximum atomic E-state index is 12.5. The fraction of sp³-hybridized carbons (Fsp3) is 0.611. The zero-order chi connectivity index (χ0) is 13.8. The van der Waals surface area contributed by atoms with E-state index in [4.69, 9.17) is 0 Å². The van der Waals surface area contributed by atoms with Gasteiger partial charge in [0.2, 0.25) is 0 Å². The summed E-state index contributed by atoms with van der Waals surface area (Å²) in [6.45, 7) is 3.72. The van der Waals surface area contributed by atoms with Gasteiger partial charge in [-0.2, -0.15) is 0 Å². The van der Waals surface area contributed by atoms with Crippen LogP contribution >= 0.6 is 0 Å². The van der Waals surface area contributed by atoms with Crippen molar-refractivity contribution in [1.29, 1.82) is 0 Å². The van der Waals surface area contributed by atoms with E-state index >= 15 is 0 Å². The molecule has 1 aromatic carbocycles. The van der Waals surface area contributed by atoms with E-state index in [1.165, 1.54) is 50.9 Å². The first-order valence-corrected chi connectivity index (χ1v) is 8.19. The maximum Gasteiger partial charge on any atom is 0.166 e. The molecule has 2 aliphatic rings. The van der Waals surface area contributed by atoms with E-state index in [2.05, 4.69) is 11.0 Å². The van der Waals surface area contributed by atoms with Gasteiger partial charge in [0.25, 0.3) is 0 Å². The highest BCUT2D eigenvalue weighted by atomic mass is 16.1. The smallest absolute Gasteiger partial charge is 0.166 e. The van der Waals surface area contributed by atoms with Gasteiger partial charge in [0.1, 0.15) is 0 Å². The Bertz CT molecular complexity index is 462. The quantitative estimate of drug-likeness (QED) is 0.832. The summed E-state index contributed by atoms with van der Waals surface area (Å²) in [6, 6.07) is 8.15. The Balaban J connectivity index is 1.50. The molecule has 1 saturated heterocycles. The Morgan fingerprint density at radius 2 is 1.90 bits per heavy atom. The van der Waals surface area contributed by atoms with Crippen LogP contribution in [0.1, 0.15) is 54.4 Å². The molecule has 0 spiro atoms. The molecule has 0 N–H and O–H groups in total. The van der Waals surface area contributed by atoms with Crippen molar-refractivity contribution >= 4 is 5.78 Å². The number of carbonyl (C=O) groups excluding carboxylic acids is 1. The molecule has 1 heterocycles. The van der Waals surface area contributed by atoms with Crippen LogP contribution in [-0.2, 0) is 6.42 Å². The number of rotatable bonds is 4. The minimum atomic E-state index is 0.273. The third kappa shape index (κ3) is 3.12. The van der Waals surface area contributed by atoms with E-state index in [-0.39, 0.29) is 5.92 Å². The number of nitrogens with zero attached hydrogens (tertiary/aromatic N) is 1. The normalized spacial score (nSPS) is 23.6.